The summed E-state index contributed by atoms with van der Waals surface area (Å²) < 4.78 is 10.8. The Balaban J connectivity index is 1.86. The highest BCUT2D eigenvalue weighted by molar-refractivity contribution is 6.32. The van der Waals surface area contributed by atoms with Gasteiger partial charge in [0.15, 0.2) is 0 Å². The number of hydrogen-bond acceptors (Lipinski definition) is 3. The van der Waals surface area contributed by atoms with Gasteiger partial charge in [-0.2, -0.15) is 0 Å². The number of rotatable bonds is 8. The molecule has 1 aromatic carbocycles. The summed E-state index contributed by atoms with van der Waals surface area (Å²) in [6, 6.07) is 6.72. The predicted molar refractivity (Wildman–Crippen MR) is 77.9 cm³/mol. The maximum Gasteiger partial charge on any atom is 0.138 e. The van der Waals surface area contributed by atoms with Crippen molar-refractivity contribution in [1.82, 2.24) is 5.32 Å². The van der Waals surface area contributed by atoms with Crippen LogP contribution in [0.25, 0.3) is 0 Å². The van der Waals surface area contributed by atoms with Crippen molar-refractivity contribution in [2.75, 3.05) is 13.7 Å². The molecule has 0 amide bonds. The van der Waals surface area contributed by atoms with E-state index in [4.69, 9.17) is 21.1 Å². The first-order valence-corrected chi connectivity index (χ1v) is 7.24. The minimum absolute atomic E-state index is 0.105. The number of hydrogen-bond donors (Lipinski definition) is 1. The van der Waals surface area contributed by atoms with Gasteiger partial charge in [0.2, 0.25) is 0 Å². The topological polar surface area (TPSA) is 30.5 Å². The first kappa shape index (κ1) is 14.6. The van der Waals surface area contributed by atoms with Crippen LogP contribution < -0.4 is 10.1 Å². The molecule has 0 aromatic heterocycles. The summed E-state index contributed by atoms with van der Waals surface area (Å²) >= 11 is 6.25. The molecule has 0 saturated heterocycles. The van der Waals surface area contributed by atoms with Gasteiger partial charge in [-0.1, -0.05) is 17.7 Å². The lowest BCUT2D eigenvalue weighted by Gasteiger charge is -2.16. The molecule has 4 heteroatoms. The Morgan fingerprint density at radius 2 is 2.21 bits per heavy atom. The first-order chi connectivity index (χ1) is 9.19. The smallest absolute Gasteiger partial charge is 0.138 e. The number of halogens is 1. The Bertz CT molecular complexity index is 407. The van der Waals surface area contributed by atoms with Gasteiger partial charge in [-0.05, 0) is 37.5 Å². The van der Waals surface area contributed by atoms with Crippen LogP contribution in [0.2, 0.25) is 5.02 Å². The lowest BCUT2D eigenvalue weighted by Crippen LogP contribution is -2.16. The maximum absolute atomic E-state index is 6.25. The van der Waals surface area contributed by atoms with Crippen LogP contribution in [-0.2, 0) is 11.3 Å². The summed E-state index contributed by atoms with van der Waals surface area (Å²) in [5, 5.41) is 4.15. The fourth-order valence-electron chi connectivity index (χ4n) is 1.86. The average molecular weight is 284 g/mol. The Morgan fingerprint density at radius 1 is 1.42 bits per heavy atom. The first-order valence-electron chi connectivity index (χ1n) is 6.86. The molecule has 1 fully saturated rings. The normalized spacial score (nSPS) is 16.4. The zero-order valence-corrected chi connectivity index (χ0v) is 12.4. The van der Waals surface area contributed by atoms with Gasteiger partial charge in [0.1, 0.15) is 5.75 Å². The van der Waals surface area contributed by atoms with E-state index in [9.17, 15) is 0 Å². The molecule has 1 aromatic rings. The largest absolute Gasteiger partial charge is 0.489 e. The van der Waals surface area contributed by atoms with Gasteiger partial charge >= 0.3 is 0 Å². The number of ether oxygens (including phenoxy) is 2. The minimum Gasteiger partial charge on any atom is -0.489 e. The molecule has 1 unspecified atom stereocenters. The minimum atomic E-state index is 0.105. The van der Waals surface area contributed by atoms with Crippen molar-refractivity contribution in [2.45, 2.75) is 44.9 Å². The molecule has 2 rings (SSSR count). The number of nitrogens with one attached hydrogen (secondary N) is 1. The van der Waals surface area contributed by atoms with Gasteiger partial charge in [-0.15, -0.1) is 0 Å². The lowest BCUT2D eigenvalue weighted by molar-refractivity contribution is 0.135. The van der Waals surface area contributed by atoms with Crippen molar-refractivity contribution in [3.05, 3.63) is 28.8 Å². The van der Waals surface area contributed by atoms with E-state index in [-0.39, 0.29) is 6.10 Å². The highest BCUT2D eigenvalue weighted by Gasteiger charge is 2.20. The van der Waals surface area contributed by atoms with Crippen LogP contribution in [-0.4, -0.2) is 25.9 Å². The third-order valence-electron chi connectivity index (χ3n) is 3.23. The monoisotopic (exact) mass is 283 g/mol. The van der Waals surface area contributed by atoms with E-state index in [1.165, 1.54) is 18.4 Å². The molecule has 1 aliphatic carbocycles. The van der Waals surface area contributed by atoms with E-state index >= 15 is 0 Å². The van der Waals surface area contributed by atoms with Crippen LogP contribution in [0.5, 0.6) is 5.75 Å². The molecule has 0 bridgehead atoms. The van der Waals surface area contributed by atoms with Crippen molar-refractivity contribution < 1.29 is 9.47 Å². The van der Waals surface area contributed by atoms with E-state index in [1.807, 2.05) is 19.1 Å². The van der Waals surface area contributed by atoms with Crippen molar-refractivity contribution >= 4 is 11.6 Å². The summed E-state index contributed by atoms with van der Waals surface area (Å²) in [6.07, 6.45) is 3.56. The summed E-state index contributed by atoms with van der Waals surface area (Å²) in [6.45, 7) is 3.60. The molecule has 3 nitrogen and oxygen atoms in total. The molecule has 0 radical (unpaired) electrons. The summed E-state index contributed by atoms with van der Waals surface area (Å²) in [5.74, 6) is 0.750. The number of benzene rings is 1. The standard InChI is InChI=1S/C15H22ClNO2/c1-11(7-8-18-2)19-15-6-3-12(9-14(15)16)10-17-13-4-5-13/h3,6,9,11,13,17H,4-5,7-8,10H2,1-2H3. The van der Waals surface area contributed by atoms with Crippen molar-refractivity contribution in [1.29, 1.82) is 0 Å². The highest BCUT2D eigenvalue weighted by atomic mass is 35.5. The molecule has 0 spiro atoms. The van der Waals surface area contributed by atoms with Gasteiger partial charge in [-0.3, -0.25) is 0 Å². The number of methoxy groups -OCH3 is 1. The summed E-state index contributed by atoms with van der Waals surface area (Å²) in [5.41, 5.74) is 1.20. The molecule has 19 heavy (non-hydrogen) atoms. The molecular weight excluding hydrogens is 262 g/mol. The third kappa shape index (κ3) is 5.01. The van der Waals surface area contributed by atoms with Crippen molar-refractivity contribution in [3.8, 4) is 5.75 Å². The van der Waals surface area contributed by atoms with E-state index in [0.29, 0.717) is 17.7 Å². The molecule has 0 heterocycles. The lowest BCUT2D eigenvalue weighted by atomic mass is 10.2. The third-order valence-corrected chi connectivity index (χ3v) is 3.52. The highest BCUT2D eigenvalue weighted by Crippen LogP contribution is 2.27. The van der Waals surface area contributed by atoms with Crippen molar-refractivity contribution in [2.24, 2.45) is 0 Å². The van der Waals surface area contributed by atoms with Gasteiger partial charge in [0.25, 0.3) is 0 Å². The Morgan fingerprint density at radius 3 is 2.84 bits per heavy atom. The second-order valence-corrected chi connectivity index (χ2v) is 5.54. The van der Waals surface area contributed by atoms with Gasteiger partial charge in [-0.25, -0.2) is 0 Å². The van der Waals surface area contributed by atoms with E-state index in [1.54, 1.807) is 7.11 Å². The Kier molecular flexibility index (Phi) is 5.49. The molecule has 106 valence electrons. The molecule has 1 saturated carbocycles. The van der Waals surface area contributed by atoms with E-state index in [0.717, 1.165) is 18.7 Å². The summed E-state index contributed by atoms with van der Waals surface area (Å²) in [4.78, 5) is 0. The van der Waals surface area contributed by atoms with E-state index in [2.05, 4.69) is 11.4 Å². The fraction of sp³-hybridized carbons (Fsp3) is 0.600. The van der Waals surface area contributed by atoms with Crippen LogP contribution in [0.1, 0.15) is 31.7 Å². The molecule has 1 N–H and O–H groups in total. The molecule has 1 aliphatic rings. The molecule has 0 aliphatic heterocycles. The summed E-state index contributed by atoms with van der Waals surface area (Å²) in [7, 11) is 1.70. The van der Waals surface area contributed by atoms with Crippen LogP contribution in [0, 0.1) is 0 Å². The van der Waals surface area contributed by atoms with Crippen LogP contribution in [0.4, 0.5) is 0 Å². The maximum atomic E-state index is 6.25. The Hall–Kier alpha value is -0.770. The van der Waals surface area contributed by atoms with Gasteiger partial charge < -0.3 is 14.8 Å². The molecular formula is C15H22ClNO2. The van der Waals surface area contributed by atoms with Crippen LogP contribution in [0.15, 0.2) is 18.2 Å². The second-order valence-electron chi connectivity index (χ2n) is 5.13. The van der Waals surface area contributed by atoms with Crippen LogP contribution in [0.3, 0.4) is 0 Å². The fourth-order valence-corrected chi connectivity index (χ4v) is 2.11. The second kappa shape index (κ2) is 7.13. The van der Waals surface area contributed by atoms with Gasteiger partial charge in [0.05, 0.1) is 11.1 Å². The average Bonchev–Trinajstić information content (AvgIpc) is 3.21. The Labute approximate surface area is 120 Å². The van der Waals surface area contributed by atoms with Crippen molar-refractivity contribution in [3.63, 3.8) is 0 Å². The van der Waals surface area contributed by atoms with E-state index < -0.39 is 0 Å². The molecule has 1 atom stereocenters. The predicted octanol–water partition coefficient (Wildman–Crippen LogP) is 3.40. The zero-order valence-electron chi connectivity index (χ0n) is 11.6. The SMILES string of the molecule is COCCC(C)Oc1ccc(CNC2CC2)cc1Cl. The van der Waals surface area contributed by atoms with Gasteiger partial charge in [0, 0.05) is 32.7 Å². The zero-order chi connectivity index (χ0) is 13.7. The van der Waals surface area contributed by atoms with Crippen LogP contribution >= 0.6 is 11.6 Å². The quantitative estimate of drug-likeness (QED) is 0.793.